The topological polar surface area (TPSA) is 143 Å². The van der Waals surface area contributed by atoms with Gasteiger partial charge in [0.05, 0.1) is 0 Å². The third-order valence-electron chi connectivity index (χ3n) is 5.15. The van der Waals surface area contributed by atoms with Crippen LogP contribution in [0.4, 0.5) is 10.2 Å². The molecule has 0 saturated carbocycles. The molecule has 1 aromatic heterocycles. The van der Waals surface area contributed by atoms with Crippen LogP contribution in [-0.2, 0) is 6.61 Å². The fraction of sp³-hybridized carbons (Fsp3) is 0.0417. The number of hydrogen-bond acceptors (Lipinski definition) is 5. The molecule has 4 aromatic rings. The van der Waals surface area contributed by atoms with Crippen molar-refractivity contribution in [1.29, 1.82) is 0 Å². The van der Waals surface area contributed by atoms with Gasteiger partial charge in [-0.1, -0.05) is 48.5 Å². The maximum Gasteiger partial charge on any atom is 0.342 e. The normalized spacial score (nSPS) is 10.8. The minimum atomic E-state index is -1.64. The maximum absolute atomic E-state index is 14.1. The van der Waals surface area contributed by atoms with Crippen LogP contribution in [-0.4, -0.2) is 27.1 Å². The molecule has 166 valence electrons. The molecule has 4 rings (SSSR count). The molecule has 9 heteroatoms. The number of nitrogens with one attached hydrogen (secondary N) is 1. The van der Waals surface area contributed by atoms with E-state index in [0.717, 1.165) is 0 Å². The van der Waals surface area contributed by atoms with Gasteiger partial charge in [-0.25, -0.2) is 14.0 Å². The van der Waals surface area contributed by atoms with Gasteiger partial charge < -0.3 is 25.7 Å². The highest BCUT2D eigenvalue weighted by Gasteiger charge is 2.29. The number of nitrogen functional groups attached to an aromatic ring is 1. The van der Waals surface area contributed by atoms with Gasteiger partial charge in [-0.3, -0.25) is 4.79 Å². The number of fused-ring (bicyclic) bond motifs is 1. The molecule has 0 aliphatic rings. The lowest BCUT2D eigenvalue weighted by atomic mass is 9.90. The zero-order valence-electron chi connectivity index (χ0n) is 17.0. The molecule has 0 atom stereocenters. The number of hydrogen-bond donors (Lipinski definition) is 4. The lowest BCUT2D eigenvalue weighted by Gasteiger charge is -2.18. The predicted molar refractivity (Wildman–Crippen MR) is 119 cm³/mol. The first-order valence-corrected chi connectivity index (χ1v) is 9.70. The molecule has 0 spiro atoms. The molecule has 3 aromatic carbocycles. The van der Waals surface area contributed by atoms with Crippen LogP contribution in [0.1, 0.15) is 26.3 Å². The molecule has 0 unspecified atom stereocenters. The standard InChI is InChI=1S/C24H17FN2O6/c25-15-8-4-2-6-13(15)11-33-16-10-9-12-5-1-3-7-14(12)17(16)18-19(23(29)30)21(26)27-22(28)20(18)24(31)32/h1-10H,11H2,(H,29,30)(H,31,32)(H3,26,27,28). The van der Waals surface area contributed by atoms with E-state index in [1.165, 1.54) is 24.3 Å². The summed E-state index contributed by atoms with van der Waals surface area (Å²) in [5.41, 5.74) is 3.24. The van der Waals surface area contributed by atoms with Crippen LogP contribution in [0.15, 0.2) is 65.5 Å². The fourth-order valence-electron chi connectivity index (χ4n) is 3.70. The Balaban J connectivity index is 2.06. The van der Waals surface area contributed by atoms with Crippen molar-refractivity contribution in [3.8, 4) is 16.9 Å². The Morgan fingerprint density at radius 2 is 1.58 bits per heavy atom. The summed E-state index contributed by atoms with van der Waals surface area (Å²) in [5.74, 6) is -4.11. The van der Waals surface area contributed by atoms with Gasteiger partial charge in [0.2, 0.25) is 0 Å². The Morgan fingerprint density at radius 1 is 0.909 bits per heavy atom. The second-order valence-corrected chi connectivity index (χ2v) is 7.14. The highest BCUT2D eigenvalue weighted by molar-refractivity contribution is 6.13. The third-order valence-corrected chi connectivity index (χ3v) is 5.15. The third kappa shape index (κ3) is 3.87. The number of aromatic amines is 1. The van der Waals surface area contributed by atoms with E-state index in [2.05, 4.69) is 4.98 Å². The summed E-state index contributed by atoms with van der Waals surface area (Å²) in [7, 11) is 0. The van der Waals surface area contributed by atoms with Gasteiger partial charge in [0.25, 0.3) is 5.56 Å². The van der Waals surface area contributed by atoms with E-state index in [1.807, 2.05) is 0 Å². The summed E-state index contributed by atoms with van der Waals surface area (Å²) in [5, 5.41) is 20.7. The van der Waals surface area contributed by atoms with Gasteiger partial charge >= 0.3 is 11.9 Å². The number of aromatic nitrogens is 1. The Kier molecular flexibility index (Phi) is 5.53. The average molecular weight is 448 g/mol. The Labute approximate surface area is 185 Å². The largest absolute Gasteiger partial charge is 0.488 e. The van der Waals surface area contributed by atoms with E-state index in [4.69, 9.17) is 10.5 Å². The zero-order valence-corrected chi connectivity index (χ0v) is 17.0. The molecule has 0 aliphatic carbocycles. The van der Waals surface area contributed by atoms with Crippen LogP contribution >= 0.6 is 0 Å². The summed E-state index contributed by atoms with van der Waals surface area (Å²) >= 11 is 0. The summed E-state index contributed by atoms with van der Waals surface area (Å²) < 4.78 is 20.0. The van der Waals surface area contributed by atoms with Crippen molar-refractivity contribution in [2.75, 3.05) is 5.73 Å². The van der Waals surface area contributed by atoms with E-state index in [1.54, 1.807) is 36.4 Å². The van der Waals surface area contributed by atoms with Crippen molar-refractivity contribution >= 4 is 28.5 Å². The molecule has 33 heavy (non-hydrogen) atoms. The monoisotopic (exact) mass is 448 g/mol. The fourth-order valence-corrected chi connectivity index (χ4v) is 3.70. The minimum absolute atomic E-state index is 0.0528. The molecule has 1 heterocycles. The number of aromatic carboxylic acids is 2. The SMILES string of the molecule is Nc1[nH]c(=O)c(C(=O)O)c(-c2c(OCc3ccccc3F)ccc3ccccc23)c1C(=O)O. The summed E-state index contributed by atoms with van der Waals surface area (Å²) in [6.07, 6.45) is 0. The lowest BCUT2D eigenvalue weighted by Crippen LogP contribution is -2.24. The molecule has 0 amide bonds. The number of carboxylic acid groups (broad SMARTS) is 2. The summed E-state index contributed by atoms with van der Waals surface area (Å²) in [6.45, 7) is -0.221. The molecule has 0 radical (unpaired) electrons. The van der Waals surface area contributed by atoms with Crippen molar-refractivity contribution in [1.82, 2.24) is 4.98 Å². The van der Waals surface area contributed by atoms with E-state index < -0.39 is 45.8 Å². The molecule has 8 nitrogen and oxygen atoms in total. The predicted octanol–water partition coefficient (Wildman–Crippen LogP) is 3.89. The molecule has 0 saturated heterocycles. The number of nitrogens with two attached hydrogens (primary N) is 1. The van der Waals surface area contributed by atoms with Crippen molar-refractivity contribution in [2.24, 2.45) is 0 Å². The highest BCUT2D eigenvalue weighted by Crippen LogP contribution is 2.41. The molecular weight excluding hydrogens is 431 g/mol. The van der Waals surface area contributed by atoms with E-state index in [-0.39, 0.29) is 23.5 Å². The van der Waals surface area contributed by atoms with Crippen LogP contribution in [0.2, 0.25) is 0 Å². The van der Waals surface area contributed by atoms with Gasteiger partial charge in [-0.15, -0.1) is 0 Å². The number of H-pyrrole nitrogens is 1. The van der Waals surface area contributed by atoms with Gasteiger partial charge in [-0.05, 0) is 22.9 Å². The number of halogens is 1. The number of ether oxygens (including phenoxy) is 1. The number of carboxylic acids is 2. The summed E-state index contributed by atoms with van der Waals surface area (Å²) in [4.78, 5) is 38.7. The molecular formula is C24H17FN2O6. The number of rotatable bonds is 6. The molecule has 0 fully saturated rings. The maximum atomic E-state index is 14.1. The quantitative estimate of drug-likeness (QED) is 0.350. The van der Waals surface area contributed by atoms with E-state index >= 15 is 0 Å². The molecule has 0 bridgehead atoms. The van der Waals surface area contributed by atoms with Crippen molar-refractivity contribution < 1.29 is 28.9 Å². The number of anilines is 1. The van der Waals surface area contributed by atoms with Gasteiger partial charge in [0, 0.05) is 16.7 Å². The van der Waals surface area contributed by atoms with Gasteiger partial charge in [0.15, 0.2) is 0 Å². The first kappa shape index (κ1) is 21.6. The van der Waals surface area contributed by atoms with Gasteiger partial charge in [0.1, 0.15) is 35.1 Å². The Hall–Kier alpha value is -4.66. The molecule has 0 aliphatic heterocycles. The second-order valence-electron chi connectivity index (χ2n) is 7.14. The van der Waals surface area contributed by atoms with Crippen molar-refractivity contribution in [3.05, 3.63) is 93.5 Å². The van der Waals surface area contributed by atoms with Crippen molar-refractivity contribution in [3.63, 3.8) is 0 Å². The van der Waals surface area contributed by atoms with Crippen molar-refractivity contribution in [2.45, 2.75) is 6.61 Å². The highest BCUT2D eigenvalue weighted by atomic mass is 19.1. The molecule has 5 N–H and O–H groups in total. The van der Waals surface area contributed by atoms with Crippen LogP contribution < -0.4 is 16.0 Å². The van der Waals surface area contributed by atoms with Crippen LogP contribution in [0.3, 0.4) is 0 Å². The first-order chi connectivity index (χ1) is 15.8. The minimum Gasteiger partial charge on any atom is -0.488 e. The van der Waals surface area contributed by atoms with E-state index in [0.29, 0.717) is 10.8 Å². The van der Waals surface area contributed by atoms with Crippen LogP contribution in [0, 0.1) is 5.82 Å². The lowest BCUT2D eigenvalue weighted by molar-refractivity contribution is 0.0695. The number of carbonyl (C=O) groups is 2. The number of pyridine rings is 1. The first-order valence-electron chi connectivity index (χ1n) is 9.70. The van der Waals surface area contributed by atoms with Gasteiger partial charge in [-0.2, -0.15) is 0 Å². The second kappa shape index (κ2) is 8.46. The zero-order chi connectivity index (χ0) is 23.7. The van der Waals surface area contributed by atoms with Crippen LogP contribution in [0.25, 0.3) is 21.9 Å². The summed E-state index contributed by atoms with van der Waals surface area (Å²) in [6, 6.07) is 15.9. The van der Waals surface area contributed by atoms with Crippen LogP contribution in [0.5, 0.6) is 5.75 Å². The number of benzene rings is 3. The Bertz CT molecular complexity index is 1480. The smallest absolute Gasteiger partial charge is 0.342 e. The Morgan fingerprint density at radius 3 is 2.27 bits per heavy atom. The van der Waals surface area contributed by atoms with E-state index in [9.17, 15) is 29.0 Å². The average Bonchev–Trinajstić information content (AvgIpc) is 2.77.